The Morgan fingerprint density at radius 1 is 1.56 bits per heavy atom. The number of hydrogen-bond acceptors (Lipinski definition) is 3. The fourth-order valence-corrected chi connectivity index (χ4v) is 3.02. The van der Waals surface area contributed by atoms with Gasteiger partial charge in [-0.1, -0.05) is 0 Å². The number of aromatic nitrogens is 2. The summed E-state index contributed by atoms with van der Waals surface area (Å²) in [5.41, 5.74) is 0.823. The van der Waals surface area contributed by atoms with Crippen molar-refractivity contribution in [2.45, 2.75) is 26.5 Å². The molecule has 86 valence electrons. The lowest BCUT2D eigenvalue weighted by Gasteiger charge is -2.14. The summed E-state index contributed by atoms with van der Waals surface area (Å²) in [5, 5.41) is 9.25. The zero-order valence-electron chi connectivity index (χ0n) is 9.23. The normalized spacial score (nSPS) is 12.9. The topological polar surface area (TPSA) is 41.0 Å². The first-order chi connectivity index (χ1) is 7.63. The molecule has 0 fully saturated rings. The van der Waals surface area contributed by atoms with Gasteiger partial charge in [-0.15, -0.1) is 11.3 Å². The highest BCUT2D eigenvalue weighted by atomic mass is 32.1. The van der Waals surface area contributed by atoms with E-state index in [4.69, 9.17) is 12.2 Å². The van der Waals surface area contributed by atoms with Gasteiger partial charge >= 0.3 is 0 Å². The van der Waals surface area contributed by atoms with Crippen LogP contribution in [0.2, 0.25) is 0 Å². The Morgan fingerprint density at radius 2 is 2.31 bits per heavy atom. The van der Waals surface area contributed by atoms with Crippen molar-refractivity contribution in [3.8, 4) is 0 Å². The molecule has 5 heteroatoms. The first-order valence-electron chi connectivity index (χ1n) is 5.09. The van der Waals surface area contributed by atoms with Crippen LogP contribution in [0.3, 0.4) is 0 Å². The number of aliphatic hydroxyl groups is 1. The van der Waals surface area contributed by atoms with E-state index in [1.807, 2.05) is 4.57 Å². The fraction of sp³-hybridized carbons (Fsp3) is 0.364. The second-order valence-corrected chi connectivity index (χ2v) is 5.44. The van der Waals surface area contributed by atoms with Gasteiger partial charge in [-0.25, -0.2) is 0 Å². The highest BCUT2D eigenvalue weighted by Gasteiger charge is 2.14. The van der Waals surface area contributed by atoms with Gasteiger partial charge in [0.05, 0.1) is 18.3 Å². The zero-order valence-corrected chi connectivity index (χ0v) is 10.9. The molecule has 2 aromatic heterocycles. The summed E-state index contributed by atoms with van der Waals surface area (Å²) in [7, 11) is 0. The molecule has 2 rings (SSSR count). The Kier molecular flexibility index (Phi) is 3.28. The predicted molar refractivity (Wildman–Crippen MR) is 68.4 cm³/mol. The number of aromatic amines is 1. The Hall–Kier alpha value is -0.910. The second kappa shape index (κ2) is 4.53. The van der Waals surface area contributed by atoms with Gasteiger partial charge in [0.1, 0.15) is 0 Å². The molecule has 2 N–H and O–H groups in total. The maximum atomic E-state index is 9.25. The quantitative estimate of drug-likeness (QED) is 0.827. The molecule has 16 heavy (non-hydrogen) atoms. The lowest BCUT2D eigenvalue weighted by molar-refractivity contribution is 0.269. The molecule has 0 spiro atoms. The van der Waals surface area contributed by atoms with E-state index in [-0.39, 0.29) is 12.6 Å². The highest BCUT2D eigenvalue weighted by Crippen LogP contribution is 2.27. The Morgan fingerprint density at radius 3 is 2.88 bits per heavy atom. The minimum Gasteiger partial charge on any atom is -0.390 e. The maximum Gasteiger partial charge on any atom is 0.178 e. The molecule has 0 saturated heterocycles. The summed E-state index contributed by atoms with van der Waals surface area (Å²) in [6.45, 7) is 4.18. The molecule has 0 aromatic carbocycles. The number of imidazole rings is 1. The first-order valence-corrected chi connectivity index (χ1v) is 6.32. The van der Waals surface area contributed by atoms with Crippen molar-refractivity contribution in [3.63, 3.8) is 0 Å². The van der Waals surface area contributed by atoms with Gasteiger partial charge in [-0.3, -0.25) is 0 Å². The summed E-state index contributed by atoms with van der Waals surface area (Å²) >= 11 is 6.98. The average molecular weight is 254 g/mol. The van der Waals surface area contributed by atoms with E-state index in [2.05, 4.69) is 31.0 Å². The largest absolute Gasteiger partial charge is 0.390 e. The number of nitrogens with one attached hydrogen (secondary N) is 1. The van der Waals surface area contributed by atoms with Crippen LogP contribution in [0.1, 0.15) is 28.4 Å². The van der Waals surface area contributed by atoms with E-state index in [1.165, 1.54) is 9.75 Å². The minimum absolute atomic E-state index is 0.00182. The van der Waals surface area contributed by atoms with E-state index in [9.17, 15) is 5.11 Å². The van der Waals surface area contributed by atoms with Crippen LogP contribution >= 0.6 is 23.6 Å². The third kappa shape index (κ3) is 1.98. The third-order valence-corrected chi connectivity index (χ3v) is 4.10. The van der Waals surface area contributed by atoms with Crippen LogP contribution in [-0.2, 0) is 6.61 Å². The SMILES string of the molecule is Cc1ccc(C(C)n2c(CO)c[nH]c2=S)s1. The molecule has 3 nitrogen and oxygen atoms in total. The third-order valence-electron chi connectivity index (χ3n) is 2.61. The van der Waals surface area contributed by atoms with Gasteiger partial charge in [0.2, 0.25) is 0 Å². The van der Waals surface area contributed by atoms with Crippen molar-refractivity contribution in [3.05, 3.63) is 38.5 Å². The van der Waals surface area contributed by atoms with Crippen molar-refractivity contribution in [2.75, 3.05) is 0 Å². The van der Waals surface area contributed by atoms with Gasteiger partial charge in [0.15, 0.2) is 4.77 Å². The number of nitrogens with zero attached hydrogens (tertiary/aromatic N) is 1. The number of H-pyrrole nitrogens is 1. The minimum atomic E-state index is 0.00182. The number of hydrogen-bond donors (Lipinski definition) is 2. The second-order valence-electron chi connectivity index (χ2n) is 3.74. The van der Waals surface area contributed by atoms with Crippen molar-refractivity contribution in [1.82, 2.24) is 9.55 Å². The van der Waals surface area contributed by atoms with Crippen LogP contribution in [0.25, 0.3) is 0 Å². The van der Waals surface area contributed by atoms with Crippen LogP contribution < -0.4 is 0 Å². The molecule has 0 aliphatic carbocycles. The van der Waals surface area contributed by atoms with Gasteiger partial charge in [0.25, 0.3) is 0 Å². The molecule has 0 aliphatic heterocycles. The van der Waals surface area contributed by atoms with Crippen molar-refractivity contribution < 1.29 is 5.11 Å². The van der Waals surface area contributed by atoms with Gasteiger partial charge in [-0.2, -0.15) is 0 Å². The number of rotatable bonds is 3. The van der Waals surface area contributed by atoms with Crippen LogP contribution in [0.15, 0.2) is 18.3 Å². The Balaban J connectivity index is 2.44. The molecule has 0 aliphatic rings. The van der Waals surface area contributed by atoms with Gasteiger partial charge in [0, 0.05) is 16.0 Å². The molecule has 0 radical (unpaired) electrons. The van der Waals surface area contributed by atoms with Crippen LogP contribution in [0.5, 0.6) is 0 Å². The Labute approximate surface area is 103 Å². The molecular weight excluding hydrogens is 240 g/mol. The summed E-state index contributed by atoms with van der Waals surface area (Å²) in [4.78, 5) is 5.51. The summed E-state index contributed by atoms with van der Waals surface area (Å²) in [5.74, 6) is 0. The van der Waals surface area contributed by atoms with E-state index >= 15 is 0 Å². The molecular formula is C11H14N2OS2. The van der Waals surface area contributed by atoms with Gasteiger partial charge < -0.3 is 14.7 Å². The monoisotopic (exact) mass is 254 g/mol. The van der Waals surface area contributed by atoms with Crippen LogP contribution in [-0.4, -0.2) is 14.7 Å². The number of thiophene rings is 1. The molecule has 0 bridgehead atoms. The smallest absolute Gasteiger partial charge is 0.178 e. The lowest BCUT2D eigenvalue weighted by Crippen LogP contribution is -2.09. The molecule has 1 unspecified atom stereocenters. The summed E-state index contributed by atoms with van der Waals surface area (Å²) in [6, 6.07) is 4.38. The molecule has 0 saturated carbocycles. The lowest BCUT2D eigenvalue weighted by atomic mass is 10.2. The van der Waals surface area contributed by atoms with Crippen molar-refractivity contribution >= 4 is 23.6 Å². The van der Waals surface area contributed by atoms with Crippen LogP contribution in [0.4, 0.5) is 0 Å². The van der Waals surface area contributed by atoms with E-state index in [0.29, 0.717) is 4.77 Å². The number of aliphatic hydroxyl groups excluding tert-OH is 1. The molecule has 0 amide bonds. The summed E-state index contributed by atoms with van der Waals surface area (Å²) < 4.78 is 2.61. The molecule has 2 heterocycles. The standard InChI is InChI=1S/C11H14N2OS2/c1-7-3-4-10(16-7)8(2)13-9(6-14)5-12-11(13)15/h3-5,8,14H,6H2,1-2H3,(H,12,15). The van der Waals surface area contributed by atoms with Crippen molar-refractivity contribution in [2.24, 2.45) is 0 Å². The van der Waals surface area contributed by atoms with Crippen molar-refractivity contribution in [1.29, 1.82) is 0 Å². The van der Waals surface area contributed by atoms with E-state index in [0.717, 1.165) is 5.69 Å². The fourth-order valence-electron chi connectivity index (χ4n) is 1.77. The maximum absolute atomic E-state index is 9.25. The number of aryl methyl sites for hydroxylation is 1. The average Bonchev–Trinajstić information content (AvgIpc) is 2.83. The summed E-state index contributed by atoms with van der Waals surface area (Å²) in [6.07, 6.45) is 1.76. The van der Waals surface area contributed by atoms with E-state index < -0.39 is 0 Å². The molecule has 2 aromatic rings. The van der Waals surface area contributed by atoms with E-state index in [1.54, 1.807) is 17.5 Å². The zero-order chi connectivity index (χ0) is 11.7. The van der Waals surface area contributed by atoms with Gasteiger partial charge in [-0.05, 0) is 38.2 Å². The molecule has 1 atom stereocenters. The highest BCUT2D eigenvalue weighted by molar-refractivity contribution is 7.71. The van der Waals surface area contributed by atoms with Crippen LogP contribution in [0, 0.1) is 11.7 Å². The predicted octanol–water partition coefficient (Wildman–Crippen LogP) is 3.02. The first kappa shape index (κ1) is 11.6. The Bertz CT molecular complexity index is 538.